The Morgan fingerprint density at radius 3 is 2.50 bits per heavy atom. The minimum atomic E-state index is -2.68. The molecule has 0 aromatic heterocycles. The average Bonchev–Trinajstić information content (AvgIpc) is 2.31. The summed E-state index contributed by atoms with van der Waals surface area (Å²) < 4.78 is 22.7. The molecular weight excluding hydrogens is 172 g/mol. The van der Waals surface area contributed by atoms with Crippen molar-refractivity contribution in [3.05, 3.63) is 0 Å². The van der Waals surface area contributed by atoms with Gasteiger partial charge in [0, 0.05) is 0 Å². The van der Waals surface area contributed by atoms with Gasteiger partial charge >= 0.3 is 0 Å². The van der Waals surface area contributed by atoms with Gasteiger partial charge in [0.1, 0.15) is 0 Å². The highest BCUT2D eigenvalue weighted by molar-refractivity contribution is 7.91. The van der Waals surface area contributed by atoms with Crippen molar-refractivity contribution in [2.75, 3.05) is 11.5 Å². The topological polar surface area (TPSA) is 34.1 Å². The zero-order chi connectivity index (χ0) is 8.98. The van der Waals surface area contributed by atoms with E-state index in [2.05, 4.69) is 13.8 Å². The van der Waals surface area contributed by atoms with E-state index in [1.165, 1.54) is 6.42 Å². The number of hydrogen-bond donors (Lipinski definition) is 0. The Hall–Kier alpha value is -0.0500. The van der Waals surface area contributed by atoms with Crippen LogP contribution in [0.1, 0.15) is 26.7 Å². The summed E-state index contributed by atoms with van der Waals surface area (Å²) in [5.74, 6) is 1.83. The van der Waals surface area contributed by atoms with Gasteiger partial charge in [-0.1, -0.05) is 13.8 Å². The molecule has 1 heterocycles. The lowest BCUT2D eigenvalue weighted by atomic mass is 9.81. The molecule has 3 heteroatoms. The molecule has 2 fully saturated rings. The first-order chi connectivity index (χ1) is 5.41. The molecule has 1 aliphatic heterocycles. The first kappa shape index (κ1) is 8.54. The minimum Gasteiger partial charge on any atom is -0.229 e. The standard InChI is InChI=1S/C9H16O2S/c1-9(2)4-3-7-5-12(10,11)6-8(7)9/h7-8H,3-6H2,1-2H3. The number of hydrogen-bond acceptors (Lipinski definition) is 2. The van der Waals surface area contributed by atoms with Gasteiger partial charge in [-0.25, -0.2) is 8.42 Å². The van der Waals surface area contributed by atoms with Crippen LogP contribution >= 0.6 is 0 Å². The fourth-order valence-corrected chi connectivity index (χ4v) is 5.27. The molecule has 0 aromatic rings. The molecule has 1 saturated carbocycles. The SMILES string of the molecule is CC1(C)CCC2CS(=O)(=O)CC21. The van der Waals surface area contributed by atoms with E-state index in [1.807, 2.05) is 0 Å². The van der Waals surface area contributed by atoms with E-state index in [9.17, 15) is 8.42 Å². The molecule has 0 bridgehead atoms. The quantitative estimate of drug-likeness (QED) is 0.577. The van der Waals surface area contributed by atoms with Crippen LogP contribution in [0.4, 0.5) is 0 Å². The van der Waals surface area contributed by atoms with Crippen LogP contribution in [0, 0.1) is 17.3 Å². The first-order valence-corrected chi connectivity index (χ1v) is 6.43. The van der Waals surface area contributed by atoms with Crippen molar-refractivity contribution in [1.82, 2.24) is 0 Å². The number of fused-ring (bicyclic) bond motifs is 1. The third-order valence-corrected chi connectivity index (χ3v) is 5.44. The predicted molar refractivity (Wildman–Crippen MR) is 48.6 cm³/mol. The van der Waals surface area contributed by atoms with Gasteiger partial charge in [-0.2, -0.15) is 0 Å². The monoisotopic (exact) mass is 188 g/mol. The number of rotatable bonds is 0. The molecule has 0 radical (unpaired) electrons. The summed E-state index contributed by atoms with van der Waals surface area (Å²) in [6.07, 6.45) is 2.33. The maximum absolute atomic E-state index is 11.3. The number of sulfone groups is 1. The van der Waals surface area contributed by atoms with Crippen molar-refractivity contribution in [3.63, 3.8) is 0 Å². The van der Waals surface area contributed by atoms with Crippen LogP contribution in [0.5, 0.6) is 0 Å². The summed E-state index contributed by atoms with van der Waals surface area (Å²) in [5, 5.41) is 0. The zero-order valence-corrected chi connectivity index (χ0v) is 8.52. The normalized spacial score (nSPS) is 42.8. The highest BCUT2D eigenvalue weighted by Gasteiger charge is 2.49. The summed E-state index contributed by atoms with van der Waals surface area (Å²) in [5.41, 5.74) is 0.272. The minimum absolute atomic E-state index is 0.272. The molecule has 2 aliphatic rings. The van der Waals surface area contributed by atoms with Gasteiger partial charge in [0.25, 0.3) is 0 Å². The third-order valence-electron chi connectivity index (χ3n) is 3.63. The molecule has 0 aromatic carbocycles. The van der Waals surface area contributed by atoms with Crippen LogP contribution in [-0.4, -0.2) is 19.9 Å². The lowest BCUT2D eigenvalue weighted by Crippen LogP contribution is -2.21. The first-order valence-electron chi connectivity index (χ1n) is 4.61. The summed E-state index contributed by atoms with van der Waals surface area (Å²) in [6, 6.07) is 0. The van der Waals surface area contributed by atoms with Crippen LogP contribution in [0.3, 0.4) is 0 Å². The highest BCUT2D eigenvalue weighted by Crippen LogP contribution is 2.50. The highest BCUT2D eigenvalue weighted by atomic mass is 32.2. The van der Waals surface area contributed by atoms with Gasteiger partial charge in [-0.05, 0) is 30.1 Å². The Kier molecular flexibility index (Phi) is 1.60. The van der Waals surface area contributed by atoms with Gasteiger partial charge in [0.2, 0.25) is 0 Å². The van der Waals surface area contributed by atoms with Crippen molar-refractivity contribution < 1.29 is 8.42 Å². The second kappa shape index (κ2) is 2.25. The van der Waals surface area contributed by atoms with Crippen molar-refractivity contribution in [2.24, 2.45) is 17.3 Å². The molecule has 2 unspecified atom stereocenters. The molecule has 1 saturated heterocycles. The molecule has 2 nitrogen and oxygen atoms in total. The van der Waals surface area contributed by atoms with Gasteiger partial charge in [-0.3, -0.25) is 0 Å². The fourth-order valence-electron chi connectivity index (χ4n) is 2.81. The molecule has 0 spiro atoms. The van der Waals surface area contributed by atoms with Crippen molar-refractivity contribution in [2.45, 2.75) is 26.7 Å². The smallest absolute Gasteiger partial charge is 0.150 e. The lowest BCUT2D eigenvalue weighted by molar-refractivity contribution is 0.262. The van der Waals surface area contributed by atoms with E-state index >= 15 is 0 Å². The van der Waals surface area contributed by atoms with Gasteiger partial charge in [0.05, 0.1) is 11.5 Å². The maximum atomic E-state index is 11.3. The van der Waals surface area contributed by atoms with E-state index in [0.717, 1.165) is 6.42 Å². The Morgan fingerprint density at radius 1 is 1.25 bits per heavy atom. The van der Waals surface area contributed by atoms with Crippen molar-refractivity contribution in [1.29, 1.82) is 0 Å². The summed E-state index contributed by atoms with van der Waals surface area (Å²) in [7, 11) is -2.68. The molecule has 0 N–H and O–H groups in total. The lowest BCUT2D eigenvalue weighted by Gasteiger charge is -2.24. The van der Waals surface area contributed by atoms with E-state index < -0.39 is 9.84 Å². The molecule has 0 amide bonds. The van der Waals surface area contributed by atoms with Gasteiger partial charge in [0.15, 0.2) is 9.84 Å². The summed E-state index contributed by atoms with van der Waals surface area (Å²) in [6.45, 7) is 4.41. The Bertz CT molecular complexity index is 290. The van der Waals surface area contributed by atoms with Crippen LogP contribution < -0.4 is 0 Å². The summed E-state index contributed by atoms with van der Waals surface area (Å²) in [4.78, 5) is 0. The molecule has 12 heavy (non-hydrogen) atoms. The third kappa shape index (κ3) is 1.18. The van der Waals surface area contributed by atoms with Crippen LogP contribution in [-0.2, 0) is 9.84 Å². The van der Waals surface area contributed by atoms with E-state index in [-0.39, 0.29) is 5.41 Å². The van der Waals surface area contributed by atoms with E-state index in [0.29, 0.717) is 23.3 Å². The Balaban J connectivity index is 2.28. The largest absolute Gasteiger partial charge is 0.229 e. The van der Waals surface area contributed by atoms with E-state index in [4.69, 9.17) is 0 Å². The second-order valence-corrected chi connectivity index (χ2v) is 7.12. The zero-order valence-electron chi connectivity index (χ0n) is 7.71. The predicted octanol–water partition coefficient (Wildman–Crippen LogP) is 1.47. The Morgan fingerprint density at radius 2 is 1.92 bits per heavy atom. The fraction of sp³-hybridized carbons (Fsp3) is 1.00. The van der Waals surface area contributed by atoms with Gasteiger partial charge in [-0.15, -0.1) is 0 Å². The van der Waals surface area contributed by atoms with Crippen LogP contribution in [0.25, 0.3) is 0 Å². The Labute approximate surface area is 74.3 Å². The molecule has 70 valence electrons. The van der Waals surface area contributed by atoms with Crippen molar-refractivity contribution in [3.8, 4) is 0 Å². The average molecular weight is 188 g/mol. The molecule has 2 rings (SSSR count). The van der Waals surface area contributed by atoms with Crippen LogP contribution in [0.2, 0.25) is 0 Å². The van der Waals surface area contributed by atoms with Crippen molar-refractivity contribution >= 4 is 9.84 Å². The molecule has 1 aliphatic carbocycles. The molecular formula is C9H16O2S. The maximum Gasteiger partial charge on any atom is 0.150 e. The van der Waals surface area contributed by atoms with Gasteiger partial charge < -0.3 is 0 Å². The van der Waals surface area contributed by atoms with E-state index in [1.54, 1.807) is 0 Å². The molecule has 2 atom stereocenters. The van der Waals surface area contributed by atoms with Crippen LogP contribution in [0.15, 0.2) is 0 Å². The second-order valence-electron chi connectivity index (χ2n) is 4.97. The summed E-state index contributed by atoms with van der Waals surface area (Å²) >= 11 is 0.